The molecule has 0 aliphatic carbocycles. The molecule has 5 nitrogen and oxygen atoms in total. The SMILES string of the molecule is CS(=O)(=O)OCCc1cccc(N=O)c1. The van der Waals surface area contributed by atoms with Gasteiger partial charge < -0.3 is 0 Å². The highest BCUT2D eigenvalue weighted by molar-refractivity contribution is 7.85. The monoisotopic (exact) mass is 229 g/mol. The van der Waals surface area contributed by atoms with Crippen LogP contribution in [0.5, 0.6) is 0 Å². The van der Waals surface area contributed by atoms with Crippen molar-refractivity contribution in [2.24, 2.45) is 5.18 Å². The summed E-state index contributed by atoms with van der Waals surface area (Å²) in [7, 11) is -3.40. The van der Waals surface area contributed by atoms with E-state index in [-0.39, 0.29) is 6.61 Å². The topological polar surface area (TPSA) is 72.8 Å². The van der Waals surface area contributed by atoms with E-state index >= 15 is 0 Å². The van der Waals surface area contributed by atoms with Crippen molar-refractivity contribution in [1.82, 2.24) is 0 Å². The second-order valence-electron chi connectivity index (χ2n) is 3.04. The van der Waals surface area contributed by atoms with Gasteiger partial charge >= 0.3 is 0 Å². The molecule has 0 aromatic heterocycles. The fourth-order valence-electron chi connectivity index (χ4n) is 1.08. The van der Waals surface area contributed by atoms with Gasteiger partial charge in [-0.05, 0) is 29.3 Å². The molecular formula is C9H11NO4S. The van der Waals surface area contributed by atoms with Crippen LogP contribution in [-0.2, 0) is 20.7 Å². The molecule has 0 amide bonds. The first kappa shape index (κ1) is 11.8. The predicted octanol–water partition coefficient (Wildman–Crippen LogP) is 1.60. The van der Waals surface area contributed by atoms with Crippen LogP contribution in [0.25, 0.3) is 0 Å². The van der Waals surface area contributed by atoms with Crippen molar-refractivity contribution in [2.75, 3.05) is 12.9 Å². The van der Waals surface area contributed by atoms with Crippen molar-refractivity contribution in [3.05, 3.63) is 34.7 Å². The molecule has 0 saturated heterocycles. The van der Waals surface area contributed by atoms with Crippen LogP contribution < -0.4 is 0 Å². The summed E-state index contributed by atoms with van der Waals surface area (Å²) in [6, 6.07) is 6.64. The Morgan fingerprint density at radius 1 is 1.40 bits per heavy atom. The summed E-state index contributed by atoms with van der Waals surface area (Å²) in [6.07, 6.45) is 1.42. The smallest absolute Gasteiger partial charge is 0.264 e. The number of benzene rings is 1. The van der Waals surface area contributed by atoms with Gasteiger partial charge in [0.15, 0.2) is 0 Å². The standard InChI is InChI=1S/C9H11NO4S/c1-15(12,13)14-6-5-8-3-2-4-9(7-8)10-11/h2-4,7H,5-6H2,1H3. The maximum atomic E-state index is 10.7. The lowest BCUT2D eigenvalue weighted by molar-refractivity contribution is 0.326. The minimum Gasteiger partial charge on any atom is -0.270 e. The van der Waals surface area contributed by atoms with Crippen molar-refractivity contribution in [3.63, 3.8) is 0 Å². The van der Waals surface area contributed by atoms with Crippen molar-refractivity contribution in [2.45, 2.75) is 6.42 Å². The lowest BCUT2D eigenvalue weighted by Gasteiger charge is -2.01. The summed E-state index contributed by atoms with van der Waals surface area (Å²) in [5, 5.41) is 2.78. The maximum Gasteiger partial charge on any atom is 0.264 e. The minimum atomic E-state index is -3.40. The summed E-state index contributed by atoms with van der Waals surface area (Å²) in [6.45, 7) is 0.0706. The second-order valence-corrected chi connectivity index (χ2v) is 4.68. The molecule has 82 valence electrons. The van der Waals surface area contributed by atoms with Gasteiger partial charge in [-0.3, -0.25) is 4.18 Å². The summed E-state index contributed by atoms with van der Waals surface area (Å²) in [5.41, 5.74) is 1.14. The average Bonchev–Trinajstić information content (AvgIpc) is 2.16. The van der Waals surface area contributed by atoms with Gasteiger partial charge in [0.1, 0.15) is 5.69 Å². The van der Waals surface area contributed by atoms with Crippen LogP contribution in [0.1, 0.15) is 5.56 Å². The van der Waals surface area contributed by atoms with E-state index in [2.05, 4.69) is 9.36 Å². The first-order chi connectivity index (χ1) is 7.01. The van der Waals surface area contributed by atoms with Gasteiger partial charge in [-0.1, -0.05) is 12.1 Å². The Balaban J connectivity index is 2.54. The highest BCUT2D eigenvalue weighted by atomic mass is 32.2. The number of hydrogen-bond donors (Lipinski definition) is 0. The molecule has 1 rings (SSSR count). The first-order valence-corrected chi connectivity index (χ1v) is 6.09. The van der Waals surface area contributed by atoms with E-state index in [9.17, 15) is 13.3 Å². The zero-order valence-electron chi connectivity index (χ0n) is 8.21. The third-order valence-corrected chi connectivity index (χ3v) is 2.30. The summed E-state index contributed by atoms with van der Waals surface area (Å²) >= 11 is 0. The number of hydrogen-bond acceptors (Lipinski definition) is 5. The summed E-state index contributed by atoms with van der Waals surface area (Å²) in [5.74, 6) is 0. The molecule has 0 fully saturated rings. The predicted molar refractivity (Wildman–Crippen MR) is 56.4 cm³/mol. The minimum absolute atomic E-state index is 0.0706. The second kappa shape index (κ2) is 4.99. The fraction of sp³-hybridized carbons (Fsp3) is 0.333. The van der Waals surface area contributed by atoms with E-state index in [1.54, 1.807) is 24.3 Å². The van der Waals surface area contributed by atoms with Crippen molar-refractivity contribution >= 4 is 15.8 Å². The van der Waals surface area contributed by atoms with Crippen LogP contribution in [0.4, 0.5) is 5.69 Å². The normalized spacial score (nSPS) is 11.3. The maximum absolute atomic E-state index is 10.7. The van der Waals surface area contributed by atoms with Crippen LogP contribution in [0.3, 0.4) is 0 Å². The van der Waals surface area contributed by atoms with Gasteiger partial charge in [-0.15, -0.1) is 4.91 Å². The van der Waals surface area contributed by atoms with Gasteiger partial charge in [0.05, 0.1) is 12.9 Å². The van der Waals surface area contributed by atoms with Crippen LogP contribution in [-0.4, -0.2) is 21.3 Å². The molecule has 0 heterocycles. The van der Waals surface area contributed by atoms with Crippen LogP contribution in [0.15, 0.2) is 29.4 Å². The highest BCUT2D eigenvalue weighted by Gasteiger charge is 2.02. The summed E-state index contributed by atoms with van der Waals surface area (Å²) in [4.78, 5) is 10.2. The zero-order valence-corrected chi connectivity index (χ0v) is 9.03. The lowest BCUT2D eigenvalue weighted by Crippen LogP contribution is -2.06. The van der Waals surface area contributed by atoms with Gasteiger partial charge in [0, 0.05) is 0 Å². The van der Waals surface area contributed by atoms with Crippen molar-refractivity contribution in [3.8, 4) is 0 Å². The largest absolute Gasteiger partial charge is 0.270 e. The third kappa shape index (κ3) is 4.66. The Bertz CT molecular complexity index is 441. The molecule has 0 radical (unpaired) electrons. The zero-order chi connectivity index (χ0) is 11.3. The van der Waals surface area contributed by atoms with E-state index < -0.39 is 10.1 Å². The van der Waals surface area contributed by atoms with E-state index in [1.165, 1.54) is 0 Å². The molecule has 0 unspecified atom stereocenters. The number of rotatable bonds is 5. The molecule has 0 saturated carbocycles. The molecule has 0 N–H and O–H groups in total. The van der Waals surface area contributed by atoms with Crippen molar-refractivity contribution in [1.29, 1.82) is 0 Å². The Kier molecular flexibility index (Phi) is 3.93. The van der Waals surface area contributed by atoms with Gasteiger partial charge in [0.2, 0.25) is 0 Å². The molecule has 15 heavy (non-hydrogen) atoms. The first-order valence-electron chi connectivity index (χ1n) is 4.28. The molecule has 0 atom stereocenters. The highest BCUT2D eigenvalue weighted by Crippen LogP contribution is 2.13. The molecule has 1 aromatic carbocycles. The molecule has 1 aromatic rings. The average molecular weight is 229 g/mol. The van der Waals surface area contributed by atoms with Crippen LogP contribution in [0.2, 0.25) is 0 Å². The Morgan fingerprint density at radius 3 is 2.73 bits per heavy atom. The number of nitroso groups, excluding NO2 is 1. The van der Waals surface area contributed by atoms with Gasteiger partial charge in [0.25, 0.3) is 10.1 Å². The molecule has 0 aliphatic rings. The van der Waals surface area contributed by atoms with E-state index in [1.807, 2.05) is 0 Å². The Hall–Kier alpha value is -1.27. The van der Waals surface area contributed by atoms with Gasteiger partial charge in [-0.2, -0.15) is 8.42 Å². The molecular weight excluding hydrogens is 218 g/mol. The van der Waals surface area contributed by atoms with E-state index in [4.69, 9.17) is 0 Å². The number of nitrogens with zero attached hydrogens (tertiary/aromatic N) is 1. The Morgan fingerprint density at radius 2 is 2.13 bits per heavy atom. The third-order valence-electron chi connectivity index (χ3n) is 1.70. The molecule has 6 heteroatoms. The van der Waals surface area contributed by atoms with Crippen molar-refractivity contribution < 1.29 is 12.6 Å². The molecule has 0 bridgehead atoms. The lowest BCUT2D eigenvalue weighted by atomic mass is 10.1. The quantitative estimate of drug-likeness (QED) is 0.568. The Labute approximate surface area is 88.2 Å². The van der Waals surface area contributed by atoms with E-state index in [0.29, 0.717) is 12.1 Å². The van der Waals surface area contributed by atoms with Gasteiger partial charge in [-0.25, -0.2) is 0 Å². The molecule has 0 spiro atoms. The molecule has 0 aliphatic heterocycles. The fourth-order valence-corrected chi connectivity index (χ4v) is 1.47. The van der Waals surface area contributed by atoms with Crippen LogP contribution >= 0.6 is 0 Å². The van der Waals surface area contributed by atoms with Crippen LogP contribution in [0, 0.1) is 4.91 Å². The summed E-state index contributed by atoms with van der Waals surface area (Å²) < 4.78 is 25.9. The van der Waals surface area contributed by atoms with E-state index in [0.717, 1.165) is 11.8 Å².